The van der Waals surface area contributed by atoms with Crippen LogP contribution < -0.4 is 0 Å². The van der Waals surface area contributed by atoms with Crippen LogP contribution in [0.5, 0.6) is 0 Å². The number of ether oxygens (including phenoxy) is 4. The molecule has 0 fully saturated rings. The van der Waals surface area contributed by atoms with E-state index < -0.39 is 0 Å². The van der Waals surface area contributed by atoms with Crippen molar-refractivity contribution in [2.45, 2.75) is 85.4 Å². The molecule has 0 saturated heterocycles. The molecule has 0 atom stereocenters. The molecule has 0 rings (SSSR count). The predicted octanol–water partition coefficient (Wildman–Crippen LogP) is 5.63. The van der Waals surface area contributed by atoms with E-state index in [1.165, 1.54) is 0 Å². The summed E-state index contributed by atoms with van der Waals surface area (Å²) >= 11 is 0. The van der Waals surface area contributed by atoms with E-state index in [0.717, 1.165) is 57.8 Å². The number of hydrogen-bond acceptors (Lipinski definition) is 4. The van der Waals surface area contributed by atoms with E-state index in [9.17, 15) is 0 Å². The molecule has 0 heterocycles. The van der Waals surface area contributed by atoms with Crippen molar-refractivity contribution in [2.24, 2.45) is 5.41 Å². The van der Waals surface area contributed by atoms with Crippen LogP contribution >= 0.6 is 0 Å². The maximum Gasteiger partial charge on any atom is 0.0637 e. The van der Waals surface area contributed by atoms with Gasteiger partial charge in [0, 0.05) is 30.5 Å². The number of unbranched alkanes of at least 4 members (excludes halogenated alkanes) is 6. The topological polar surface area (TPSA) is 36.9 Å². The lowest BCUT2D eigenvalue weighted by molar-refractivity contribution is -0.106. The fourth-order valence-electron chi connectivity index (χ4n) is 2.58. The van der Waals surface area contributed by atoms with E-state index in [0.29, 0.717) is 73.6 Å². The summed E-state index contributed by atoms with van der Waals surface area (Å²) in [7, 11) is 0. The lowest BCUT2D eigenvalue weighted by atomic mass is 9.92. The Kier molecular flexibility index (Phi) is 15.5. The Labute approximate surface area is 167 Å². The van der Waals surface area contributed by atoms with Crippen molar-refractivity contribution in [1.29, 1.82) is 0 Å². The molecule has 158 valence electrons. The molecular weight excluding hydrogens is 328 g/mol. The molecule has 4 heteroatoms. The van der Waals surface area contributed by atoms with E-state index in [1.807, 2.05) is 6.92 Å². The molecule has 0 aliphatic carbocycles. The third-order valence-electron chi connectivity index (χ3n) is 4.20. The summed E-state index contributed by atoms with van der Waals surface area (Å²) in [6, 6.07) is 0. The van der Waals surface area contributed by atoms with Gasteiger partial charge in [-0.1, -0.05) is 59.2 Å². The molecule has 0 aromatic carbocycles. The largest absolute Gasteiger partial charge is 0.381 e. The molecule has 4 nitrogen and oxygen atoms in total. The Morgan fingerprint density at radius 3 is 1.31 bits per heavy atom. The zero-order chi connectivity index (χ0) is 21.5. The highest BCUT2D eigenvalue weighted by molar-refractivity contribution is 4.79. The minimum absolute atomic E-state index is 0.309. The van der Waals surface area contributed by atoms with E-state index in [4.69, 9.17) is 23.1 Å². The molecule has 0 amide bonds. The quantitative estimate of drug-likeness (QED) is 0.242. The van der Waals surface area contributed by atoms with Gasteiger partial charge in [0.25, 0.3) is 0 Å². The fraction of sp³-hybridized carbons (Fsp3) is 1.00. The molecule has 0 spiro atoms. The molecule has 0 aromatic rings. The van der Waals surface area contributed by atoms with E-state index in [1.54, 1.807) is 0 Å². The SMILES string of the molecule is [3H]CCCCCOCC(COCC)(COCCCCC[3H])COCCCCC[3H]. The second-order valence-electron chi connectivity index (χ2n) is 6.98. The molecule has 26 heavy (non-hydrogen) atoms. The lowest BCUT2D eigenvalue weighted by Gasteiger charge is -2.33. The number of hydrogen-bond donors (Lipinski definition) is 0. The standard InChI is InChI=1S/C22H46O4/c1-5-9-12-15-24-19-22(18-23-8-4,20-25-16-13-10-6-2)21-26-17-14-11-7-3/h5-21H2,1-4H3/i1T,2T,3T. The molecule has 0 radical (unpaired) electrons. The second-order valence-corrected chi connectivity index (χ2v) is 6.98. The average Bonchev–Trinajstić information content (AvgIpc) is 2.74. The highest BCUT2D eigenvalue weighted by atomic mass is 16.5. The number of rotatable bonds is 21. The highest BCUT2D eigenvalue weighted by Gasteiger charge is 2.32. The summed E-state index contributed by atoms with van der Waals surface area (Å²) in [5, 5.41) is 0. The van der Waals surface area contributed by atoms with E-state index in [-0.39, 0.29) is 5.41 Å². The van der Waals surface area contributed by atoms with Crippen molar-refractivity contribution >= 4 is 0 Å². The van der Waals surface area contributed by atoms with Crippen LogP contribution in [0.25, 0.3) is 0 Å². The zero-order valence-corrected chi connectivity index (χ0v) is 17.3. The van der Waals surface area contributed by atoms with Gasteiger partial charge in [0.15, 0.2) is 0 Å². The summed E-state index contributed by atoms with van der Waals surface area (Å²) < 4.78 is 45.4. The van der Waals surface area contributed by atoms with Crippen LogP contribution in [-0.4, -0.2) is 52.9 Å². The van der Waals surface area contributed by atoms with E-state index in [2.05, 4.69) is 0 Å². The Morgan fingerprint density at radius 2 is 0.962 bits per heavy atom. The first kappa shape index (κ1) is 20.6. The average molecular weight is 381 g/mol. The summed E-state index contributed by atoms with van der Waals surface area (Å²) in [6.07, 6.45) is 8.80. The molecule has 0 unspecified atom stereocenters. The van der Waals surface area contributed by atoms with Gasteiger partial charge in [-0.3, -0.25) is 0 Å². The minimum Gasteiger partial charge on any atom is -0.381 e. The van der Waals surface area contributed by atoms with Gasteiger partial charge >= 0.3 is 0 Å². The molecule has 0 bridgehead atoms. The lowest BCUT2D eigenvalue weighted by Crippen LogP contribution is -2.42. The smallest absolute Gasteiger partial charge is 0.0637 e. The van der Waals surface area contributed by atoms with Crippen molar-refractivity contribution in [3.05, 3.63) is 0 Å². The minimum atomic E-state index is -0.309. The van der Waals surface area contributed by atoms with Crippen LogP contribution in [-0.2, 0) is 18.9 Å². The van der Waals surface area contributed by atoms with Crippen molar-refractivity contribution in [3.63, 3.8) is 0 Å². The summed E-state index contributed by atoms with van der Waals surface area (Å²) in [4.78, 5) is 0. The first-order valence-electron chi connectivity index (χ1n) is 12.6. The summed E-state index contributed by atoms with van der Waals surface area (Å²) in [5.74, 6) is 0. The van der Waals surface area contributed by atoms with Crippen molar-refractivity contribution < 1.29 is 23.1 Å². The van der Waals surface area contributed by atoms with Gasteiger partial charge < -0.3 is 18.9 Å². The van der Waals surface area contributed by atoms with Crippen LogP contribution in [0.3, 0.4) is 0 Å². The molecule has 0 aromatic heterocycles. The maximum atomic E-state index is 7.22. The van der Waals surface area contributed by atoms with Crippen LogP contribution in [0.4, 0.5) is 0 Å². The monoisotopic (exact) mass is 380 g/mol. The zero-order valence-electron chi connectivity index (χ0n) is 20.3. The molecule has 0 saturated carbocycles. The first-order valence-corrected chi connectivity index (χ1v) is 10.4. The third-order valence-corrected chi connectivity index (χ3v) is 4.20. The van der Waals surface area contributed by atoms with Crippen molar-refractivity contribution in [3.8, 4) is 0 Å². The summed E-state index contributed by atoms with van der Waals surface area (Å²) in [6.45, 7) is 8.38. The Balaban J connectivity index is 4.52. The normalized spacial score (nSPS) is 13.5. The first-order chi connectivity index (χ1) is 14.2. The van der Waals surface area contributed by atoms with Gasteiger partial charge in [-0.2, -0.15) is 0 Å². The van der Waals surface area contributed by atoms with Crippen LogP contribution in [0.2, 0.25) is 0 Å². The Hall–Kier alpha value is -0.160. The van der Waals surface area contributed by atoms with Crippen molar-refractivity contribution in [2.75, 3.05) is 52.9 Å². The van der Waals surface area contributed by atoms with Crippen LogP contribution in [0.15, 0.2) is 0 Å². The van der Waals surface area contributed by atoms with Crippen LogP contribution in [0.1, 0.15) is 89.5 Å². The predicted molar refractivity (Wildman–Crippen MR) is 110 cm³/mol. The fourth-order valence-corrected chi connectivity index (χ4v) is 2.58. The Morgan fingerprint density at radius 1 is 0.577 bits per heavy atom. The van der Waals surface area contributed by atoms with Gasteiger partial charge in [-0.05, 0) is 26.2 Å². The maximum absolute atomic E-state index is 7.22. The Bertz CT molecular complexity index is 282. The van der Waals surface area contributed by atoms with Crippen LogP contribution in [0, 0.1) is 5.41 Å². The van der Waals surface area contributed by atoms with Gasteiger partial charge in [-0.25, -0.2) is 0 Å². The van der Waals surface area contributed by atoms with Gasteiger partial charge in [0.05, 0.1) is 31.8 Å². The molecular formula is C22H46O4. The molecule has 0 aliphatic heterocycles. The molecule has 0 aliphatic rings. The van der Waals surface area contributed by atoms with Gasteiger partial charge in [0.2, 0.25) is 0 Å². The van der Waals surface area contributed by atoms with E-state index >= 15 is 0 Å². The second kappa shape index (κ2) is 19.6. The van der Waals surface area contributed by atoms with Gasteiger partial charge in [-0.15, -0.1) is 0 Å². The third kappa shape index (κ3) is 15.0. The van der Waals surface area contributed by atoms with Gasteiger partial charge in [0.1, 0.15) is 0 Å². The molecule has 0 N–H and O–H groups in total. The summed E-state index contributed by atoms with van der Waals surface area (Å²) in [5.41, 5.74) is -0.309. The van der Waals surface area contributed by atoms with Crippen molar-refractivity contribution in [1.82, 2.24) is 0 Å². The highest BCUT2D eigenvalue weighted by Crippen LogP contribution is 2.21.